The molecule has 2 saturated heterocycles. The number of carbonyl (C=O) groups is 4. The molecule has 154 valence electrons. The van der Waals surface area contributed by atoms with Crippen molar-refractivity contribution in [1.82, 2.24) is 15.1 Å². The number of hydrogen-bond donors (Lipinski definition) is 4. The Morgan fingerprint density at radius 1 is 1.14 bits per heavy atom. The largest absolute Gasteiger partial charge is 0.481 e. The number of nitrogens with two attached hydrogens (primary N) is 1. The van der Waals surface area contributed by atoms with Crippen LogP contribution in [0.3, 0.4) is 0 Å². The molecule has 0 atom stereocenters. The second-order valence-corrected chi connectivity index (χ2v) is 7.25. The van der Waals surface area contributed by atoms with Gasteiger partial charge in [-0.3, -0.25) is 24.7 Å². The van der Waals surface area contributed by atoms with E-state index in [1.807, 2.05) is 0 Å². The van der Waals surface area contributed by atoms with E-state index in [2.05, 4.69) is 5.32 Å². The number of hydrogen-bond acceptors (Lipinski definition) is 5. The van der Waals surface area contributed by atoms with Crippen LogP contribution in [0, 0.1) is 5.41 Å². The van der Waals surface area contributed by atoms with Crippen LogP contribution in [0.25, 0.3) is 0 Å². The van der Waals surface area contributed by atoms with Gasteiger partial charge in [0.15, 0.2) is 0 Å². The molecule has 0 saturated carbocycles. The minimum absolute atomic E-state index is 0.0594. The number of likely N-dealkylation sites (tertiary alicyclic amines) is 1. The summed E-state index contributed by atoms with van der Waals surface area (Å²) < 4.78 is 0. The maximum Gasteiger partial charge on any atom is 0.325 e. The number of nitrogens with one attached hydrogen (secondary N) is 2. The molecule has 3 rings (SSSR count). The predicted octanol–water partition coefficient (Wildman–Crippen LogP) is 0.362. The molecular weight excluding hydrogens is 378 g/mol. The fraction of sp³-hybridized carbons (Fsp3) is 0.421. The number of benzene rings is 1. The Bertz CT molecular complexity index is 858. The number of carboxylic acids is 1. The first-order chi connectivity index (χ1) is 13.7. The molecule has 10 heteroatoms. The Morgan fingerprint density at radius 3 is 2.28 bits per heavy atom. The monoisotopic (exact) mass is 401 g/mol. The Kier molecular flexibility index (Phi) is 5.53. The van der Waals surface area contributed by atoms with Gasteiger partial charge in [-0.2, -0.15) is 0 Å². The third-order valence-corrected chi connectivity index (χ3v) is 5.37. The number of rotatable bonds is 6. The first-order valence-electron chi connectivity index (χ1n) is 9.33. The zero-order valence-electron chi connectivity index (χ0n) is 15.8. The van der Waals surface area contributed by atoms with Crippen molar-refractivity contribution in [1.29, 1.82) is 5.41 Å². The van der Waals surface area contributed by atoms with Crippen molar-refractivity contribution >= 4 is 29.7 Å². The van der Waals surface area contributed by atoms with E-state index in [1.165, 1.54) is 0 Å². The Morgan fingerprint density at radius 2 is 1.72 bits per heavy atom. The Hall–Kier alpha value is -3.43. The Labute approximate surface area is 167 Å². The van der Waals surface area contributed by atoms with Gasteiger partial charge in [0.1, 0.15) is 11.4 Å². The van der Waals surface area contributed by atoms with Crippen LogP contribution in [0.4, 0.5) is 4.79 Å². The van der Waals surface area contributed by atoms with Crippen molar-refractivity contribution < 1.29 is 24.3 Å². The minimum Gasteiger partial charge on any atom is -0.481 e. The van der Waals surface area contributed by atoms with E-state index in [4.69, 9.17) is 16.2 Å². The molecule has 0 unspecified atom stereocenters. The number of amides is 4. The molecule has 10 nitrogen and oxygen atoms in total. The van der Waals surface area contributed by atoms with Crippen LogP contribution >= 0.6 is 0 Å². The lowest BCUT2D eigenvalue weighted by Gasteiger charge is -2.37. The van der Waals surface area contributed by atoms with E-state index in [0.717, 1.165) is 4.90 Å². The van der Waals surface area contributed by atoms with Gasteiger partial charge in [0.2, 0.25) is 0 Å². The summed E-state index contributed by atoms with van der Waals surface area (Å²) in [5.41, 5.74) is 5.38. The number of nitrogen functional groups attached to an aromatic ring is 1. The van der Waals surface area contributed by atoms with Crippen molar-refractivity contribution in [3.8, 4) is 0 Å². The smallest absolute Gasteiger partial charge is 0.325 e. The first kappa shape index (κ1) is 20.3. The number of imide groups is 1. The average molecular weight is 401 g/mol. The molecule has 2 aliphatic rings. The fourth-order valence-corrected chi connectivity index (χ4v) is 3.67. The number of amidine groups is 1. The van der Waals surface area contributed by atoms with Gasteiger partial charge in [0.25, 0.3) is 11.8 Å². The Balaban J connectivity index is 1.61. The number of nitrogens with zero attached hydrogens (tertiary/aromatic N) is 2. The summed E-state index contributed by atoms with van der Waals surface area (Å²) in [5.74, 6) is -1.60. The van der Waals surface area contributed by atoms with Gasteiger partial charge in [0.05, 0.1) is 0 Å². The molecule has 1 aromatic carbocycles. The maximum atomic E-state index is 12.8. The van der Waals surface area contributed by atoms with Crippen LogP contribution in [0.15, 0.2) is 24.3 Å². The number of carbonyl (C=O) groups excluding carboxylic acids is 3. The highest BCUT2D eigenvalue weighted by atomic mass is 16.4. The summed E-state index contributed by atoms with van der Waals surface area (Å²) in [6, 6.07) is 5.92. The number of aliphatic carboxylic acids is 1. The van der Waals surface area contributed by atoms with Gasteiger partial charge < -0.3 is 21.1 Å². The van der Waals surface area contributed by atoms with Crippen LogP contribution in [0.1, 0.15) is 41.6 Å². The summed E-state index contributed by atoms with van der Waals surface area (Å²) in [5, 5.41) is 18.9. The zero-order chi connectivity index (χ0) is 21.2. The molecule has 29 heavy (non-hydrogen) atoms. The van der Waals surface area contributed by atoms with Gasteiger partial charge in [0, 0.05) is 37.2 Å². The van der Waals surface area contributed by atoms with E-state index in [0.29, 0.717) is 37.1 Å². The molecule has 2 aliphatic heterocycles. The number of carboxylic acid groups (broad SMARTS) is 1. The van der Waals surface area contributed by atoms with Gasteiger partial charge in [-0.15, -0.1) is 0 Å². The third-order valence-electron chi connectivity index (χ3n) is 5.37. The van der Waals surface area contributed by atoms with Gasteiger partial charge in [-0.1, -0.05) is 12.1 Å². The molecule has 0 aromatic heterocycles. The van der Waals surface area contributed by atoms with Crippen LogP contribution in [-0.4, -0.2) is 69.7 Å². The lowest BCUT2D eigenvalue weighted by atomic mass is 9.87. The second kappa shape index (κ2) is 7.90. The first-order valence-corrected chi connectivity index (χ1v) is 9.33. The molecule has 0 bridgehead atoms. The van der Waals surface area contributed by atoms with Crippen LogP contribution < -0.4 is 11.1 Å². The summed E-state index contributed by atoms with van der Waals surface area (Å²) in [4.78, 5) is 51.0. The van der Waals surface area contributed by atoms with Gasteiger partial charge in [-0.25, -0.2) is 4.79 Å². The fourth-order valence-electron chi connectivity index (χ4n) is 3.67. The SMILES string of the molecule is N=C(N)c1ccc(C(=O)N2CCC3(CC2)NC(=O)N(CCCC(=O)O)C3=O)cc1. The van der Waals surface area contributed by atoms with E-state index in [1.54, 1.807) is 29.2 Å². The van der Waals surface area contributed by atoms with Crippen molar-refractivity contribution in [2.24, 2.45) is 5.73 Å². The van der Waals surface area contributed by atoms with Crippen LogP contribution in [-0.2, 0) is 9.59 Å². The molecule has 1 aromatic rings. The summed E-state index contributed by atoms with van der Waals surface area (Å²) in [6.45, 7) is 0.675. The zero-order valence-corrected chi connectivity index (χ0v) is 15.8. The van der Waals surface area contributed by atoms with E-state index in [9.17, 15) is 19.2 Å². The highest BCUT2D eigenvalue weighted by molar-refractivity contribution is 6.07. The van der Waals surface area contributed by atoms with Gasteiger partial charge >= 0.3 is 12.0 Å². The van der Waals surface area contributed by atoms with E-state index < -0.39 is 17.5 Å². The third kappa shape index (κ3) is 4.05. The van der Waals surface area contributed by atoms with Crippen molar-refractivity contribution in [3.05, 3.63) is 35.4 Å². The van der Waals surface area contributed by atoms with Crippen molar-refractivity contribution in [2.45, 2.75) is 31.2 Å². The maximum absolute atomic E-state index is 12.8. The molecular formula is C19H23N5O5. The molecule has 2 heterocycles. The van der Waals surface area contributed by atoms with Crippen LogP contribution in [0.5, 0.6) is 0 Å². The van der Waals surface area contributed by atoms with E-state index >= 15 is 0 Å². The quantitative estimate of drug-likeness (QED) is 0.306. The lowest BCUT2D eigenvalue weighted by Crippen LogP contribution is -2.55. The van der Waals surface area contributed by atoms with E-state index in [-0.39, 0.29) is 37.0 Å². The average Bonchev–Trinajstić information content (AvgIpc) is 2.92. The molecule has 1 spiro atoms. The predicted molar refractivity (Wildman–Crippen MR) is 102 cm³/mol. The summed E-state index contributed by atoms with van der Waals surface area (Å²) >= 11 is 0. The standard InChI is InChI=1S/C19H23N5O5/c20-15(21)12-3-5-13(6-4-12)16(27)23-10-7-19(8-11-23)17(28)24(18(29)22-19)9-1-2-14(25)26/h3-6H,1-2,7-11H2,(H3,20,21)(H,22,29)(H,25,26). The molecule has 2 fully saturated rings. The van der Waals surface area contributed by atoms with Gasteiger partial charge in [-0.05, 0) is 31.4 Å². The topological polar surface area (TPSA) is 157 Å². The minimum atomic E-state index is -1.03. The highest BCUT2D eigenvalue weighted by Crippen LogP contribution is 2.30. The summed E-state index contributed by atoms with van der Waals surface area (Å²) in [7, 11) is 0. The highest BCUT2D eigenvalue weighted by Gasteiger charge is 2.52. The molecule has 0 aliphatic carbocycles. The molecule has 5 N–H and O–H groups in total. The van der Waals surface area contributed by atoms with Crippen molar-refractivity contribution in [3.63, 3.8) is 0 Å². The lowest BCUT2D eigenvalue weighted by molar-refractivity contribution is -0.138. The van der Waals surface area contributed by atoms with Crippen LogP contribution in [0.2, 0.25) is 0 Å². The van der Waals surface area contributed by atoms with Crippen molar-refractivity contribution in [2.75, 3.05) is 19.6 Å². The molecule has 4 amide bonds. The second-order valence-electron chi connectivity index (χ2n) is 7.25. The molecule has 0 radical (unpaired) electrons. The number of urea groups is 1. The normalized spacial score (nSPS) is 18.1. The number of piperidine rings is 1. The summed E-state index contributed by atoms with van der Waals surface area (Å²) in [6.07, 6.45) is 0.675.